The van der Waals surface area contributed by atoms with Gasteiger partial charge in [0, 0.05) is 18.0 Å². The van der Waals surface area contributed by atoms with Crippen LogP contribution in [0.5, 0.6) is 11.5 Å². The zero-order chi connectivity index (χ0) is 17.5. The number of carboxylic acids is 1. The van der Waals surface area contributed by atoms with Crippen LogP contribution in [0.4, 0.5) is 0 Å². The van der Waals surface area contributed by atoms with Crippen molar-refractivity contribution < 1.29 is 19.4 Å². The average Bonchev–Trinajstić information content (AvgIpc) is 2.55. The molecule has 0 saturated heterocycles. The van der Waals surface area contributed by atoms with Crippen LogP contribution in [0.3, 0.4) is 0 Å². The standard InChI is InChI=1S/C18H18ClNO4/c1-12-10-15(6-7-16(12)19)24-14-4-2-13(3-5-14)11-20-17(21)8-9-18(22)23/h2-7,10H,8-9,11H2,1H3,(H,20,21)(H,22,23). The van der Waals surface area contributed by atoms with E-state index in [0.29, 0.717) is 23.1 Å². The van der Waals surface area contributed by atoms with Gasteiger partial charge in [0.05, 0.1) is 6.42 Å². The summed E-state index contributed by atoms with van der Waals surface area (Å²) in [6.07, 6.45) is -0.189. The average molecular weight is 348 g/mol. The van der Waals surface area contributed by atoms with Crippen molar-refractivity contribution in [1.82, 2.24) is 5.32 Å². The summed E-state index contributed by atoms with van der Waals surface area (Å²) in [6.45, 7) is 2.25. The lowest BCUT2D eigenvalue weighted by atomic mass is 10.2. The van der Waals surface area contributed by atoms with Gasteiger partial charge in [0.25, 0.3) is 0 Å². The topological polar surface area (TPSA) is 75.6 Å². The smallest absolute Gasteiger partial charge is 0.303 e. The maximum atomic E-state index is 11.5. The van der Waals surface area contributed by atoms with Gasteiger partial charge < -0.3 is 15.2 Å². The molecule has 126 valence electrons. The van der Waals surface area contributed by atoms with E-state index in [1.165, 1.54) is 0 Å². The van der Waals surface area contributed by atoms with Crippen LogP contribution in [0.25, 0.3) is 0 Å². The van der Waals surface area contributed by atoms with Gasteiger partial charge in [-0.05, 0) is 48.4 Å². The van der Waals surface area contributed by atoms with Gasteiger partial charge >= 0.3 is 5.97 Å². The molecule has 2 aromatic carbocycles. The van der Waals surface area contributed by atoms with Crippen molar-refractivity contribution in [3.8, 4) is 11.5 Å². The Kier molecular flexibility index (Phi) is 6.21. The van der Waals surface area contributed by atoms with Crippen LogP contribution in [0, 0.1) is 6.92 Å². The maximum Gasteiger partial charge on any atom is 0.303 e. The third kappa shape index (κ3) is 5.59. The molecule has 2 rings (SSSR count). The number of ether oxygens (including phenoxy) is 1. The third-order valence-electron chi connectivity index (χ3n) is 3.34. The molecule has 0 aliphatic heterocycles. The molecule has 24 heavy (non-hydrogen) atoms. The van der Waals surface area contributed by atoms with Gasteiger partial charge in [0.2, 0.25) is 5.91 Å². The number of aliphatic carboxylic acids is 1. The summed E-state index contributed by atoms with van der Waals surface area (Å²) in [5.74, 6) is 0.114. The quantitative estimate of drug-likeness (QED) is 0.796. The van der Waals surface area contributed by atoms with Crippen LogP contribution >= 0.6 is 11.6 Å². The first-order valence-corrected chi connectivity index (χ1v) is 7.83. The van der Waals surface area contributed by atoms with Crippen molar-refractivity contribution in [3.05, 3.63) is 58.6 Å². The molecule has 0 aliphatic carbocycles. The second-order valence-corrected chi connectivity index (χ2v) is 5.73. The Morgan fingerprint density at radius 1 is 1.08 bits per heavy atom. The number of nitrogens with one attached hydrogen (secondary N) is 1. The third-order valence-corrected chi connectivity index (χ3v) is 3.77. The lowest BCUT2D eigenvalue weighted by Gasteiger charge is -2.09. The van der Waals surface area contributed by atoms with E-state index in [1.54, 1.807) is 12.1 Å². The highest BCUT2D eigenvalue weighted by atomic mass is 35.5. The summed E-state index contributed by atoms with van der Waals surface area (Å²) in [5.41, 5.74) is 1.84. The Morgan fingerprint density at radius 3 is 2.38 bits per heavy atom. The molecule has 1 amide bonds. The second kappa shape index (κ2) is 8.36. The number of aryl methyl sites for hydroxylation is 1. The second-order valence-electron chi connectivity index (χ2n) is 5.33. The van der Waals surface area contributed by atoms with E-state index >= 15 is 0 Å². The lowest BCUT2D eigenvalue weighted by molar-refractivity contribution is -0.138. The number of carbonyl (C=O) groups excluding carboxylic acids is 1. The molecule has 0 unspecified atom stereocenters. The highest BCUT2D eigenvalue weighted by Crippen LogP contribution is 2.26. The molecule has 0 atom stereocenters. The van der Waals surface area contributed by atoms with Crippen molar-refractivity contribution in [2.24, 2.45) is 0 Å². The number of rotatable bonds is 7. The minimum absolute atomic E-state index is 0.0214. The summed E-state index contributed by atoms with van der Waals surface area (Å²) in [7, 11) is 0. The Bertz CT molecular complexity index is 728. The van der Waals surface area contributed by atoms with Crippen LogP contribution in [0.1, 0.15) is 24.0 Å². The lowest BCUT2D eigenvalue weighted by Crippen LogP contribution is -2.23. The van der Waals surface area contributed by atoms with Crippen molar-refractivity contribution in [1.29, 1.82) is 0 Å². The summed E-state index contributed by atoms with van der Waals surface area (Å²) in [4.78, 5) is 21.9. The van der Waals surface area contributed by atoms with E-state index in [4.69, 9.17) is 21.4 Å². The van der Waals surface area contributed by atoms with Gasteiger partial charge in [0.1, 0.15) is 11.5 Å². The normalized spacial score (nSPS) is 10.2. The fourth-order valence-corrected chi connectivity index (χ4v) is 2.12. The number of hydrogen-bond donors (Lipinski definition) is 2. The molecule has 0 spiro atoms. The Hall–Kier alpha value is -2.53. The van der Waals surface area contributed by atoms with E-state index in [2.05, 4.69) is 5.32 Å². The Labute approximate surface area is 145 Å². The van der Waals surface area contributed by atoms with E-state index < -0.39 is 5.97 Å². The highest BCUT2D eigenvalue weighted by molar-refractivity contribution is 6.31. The molecule has 0 fully saturated rings. The molecule has 6 heteroatoms. The van der Waals surface area contributed by atoms with Crippen LogP contribution in [0.15, 0.2) is 42.5 Å². The summed E-state index contributed by atoms with van der Waals surface area (Å²) in [5, 5.41) is 11.9. The van der Waals surface area contributed by atoms with Crippen molar-refractivity contribution in [3.63, 3.8) is 0 Å². The van der Waals surface area contributed by atoms with Gasteiger partial charge in [0.15, 0.2) is 0 Å². The molecule has 0 heterocycles. The van der Waals surface area contributed by atoms with Crippen LogP contribution in [-0.2, 0) is 16.1 Å². The molecule has 5 nitrogen and oxygen atoms in total. The number of halogens is 1. The SMILES string of the molecule is Cc1cc(Oc2ccc(CNC(=O)CCC(=O)O)cc2)ccc1Cl. The molecular formula is C18H18ClNO4. The van der Waals surface area contributed by atoms with Crippen LogP contribution in [0.2, 0.25) is 5.02 Å². The number of hydrogen-bond acceptors (Lipinski definition) is 3. The van der Waals surface area contributed by atoms with Gasteiger partial charge in [-0.25, -0.2) is 0 Å². The van der Waals surface area contributed by atoms with Gasteiger partial charge in [-0.2, -0.15) is 0 Å². The van der Waals surface area contributed by atoms with E-state index in [1.807, 2.05) is 37.3 Å². The predicted octanol–water partition coefficient (Wildman–Crippen LogP) is 3.92. The number of amides is 1. The van der Waals surface area contributed by atoms with Gasteiger partial charge in [-0.3, -0.25) is 9.59 Å². The largest absolute Gasteiger partial charge is 0.481 e. The monoisotopic (exact) mass is 347 g/mol. The molecule has 0 aromatic heterocycles. The summed E-state index contributed by atoms with van der Waals surface area (Å²) < 4.78 is 5.75. The first-order chi connectivity index (χ1) is 11.4. The zero-order valence-corrected chi connectivity index (χ0v) is 14.0. The minimum atomic E-state index is -0.982. The van der Waals surface area contributed by atoms with E-state index in [0.717, 1.165) is 11.1 Å². The molecular weight excluding hydrogens is 330 g/mol. The molecule has 0 radical (unpaired) electrons. The maximum absolute atomic E-state index is 11.5. The summed E-state index contributed by atoms with van der Waals surface area (Å²) >= 11 is 5.98. The zero-order valence-electron chi connectivity index (χ0n) is 13.2. The molecule has 2 aromatic rings. The van der Waals surface area contributed by atoms with Crippen molar-refractivity contribution in [2.45, 2.75) is 26.3 Å². The number of carbonyl (C=O) groups is 2. The van der Waals surface area contributed by atoms with E-state index in [-0.39, 0.29) is 18.7 Å². The van der Waals surface area contributed by atoms with E-state index in [9.17, 15) is 9.59 Å². The first kappa shape index (κ1) is 17.8. The Balaban J connectivity index is 1.87. The predicted molar refractivity (Wildman–Crippen MR) is 91.4 cm³/mol. The molecule has 2 N–H and O–H groups in total. The number of benzene rings is 2. The molecule has 0 aliphatic rings. The number of carboxylic acid groups (broad SMARTS) is 1. The van der Waals surface area contributed by atoms with Gasteiger partial charge in [-0.1, -0.05) is 23.7 Å². The molecule has 0 bridgehead atoms. The van der Waals surface area contributed by atoms with Crippen molar-refractivity contribution in [2.75, 3.05) is 0 Å². The van der Waals surface area contributed by atoms with Crippen LogP contribution in [-0.4, -0.2) is 17.0 Å². The summed E-state index contributed by atoms with van der Waals surface area (Å²) in [6, 6.07) is 12.7. The fraction of sp³-hybridized carbons (Fsp3) is 0.222. The molecule has 0 saturated carbocycles. The Morgan fingerprint density at radius 2 is 1.75 bits per heavy atom. The minimum Gasteiger partial charge on any atom is -0.481 e. The highest BCUT2D eigenvalue weighted by Gasteiger charge is 2.05. The fourth-order valence-electron chi connectivity index (χ4n) is 2.00. The van der Waals surface area contributed by atoms with Gasteiger partial charge in [-0.15, -0.1) is 0 Å². The first-order valence-electron chi connectivity index (χ1n) is 7.45. The van der Waals surface area contributed by atoms with Crippen molar-refractivity contribution >= 4 is 23.5 Å². The van der Waals surface area contributed by atoms with Crippen LogP contribution < -0.4 is 10.1 Å².